The molecule has 6 heteroatoms. The summed E-state index contributed by atoms with van der Waals surface area (Å²) in [6, 6.07) is 6.43. The number of carbonyl (C=O) groups is 1. The largest absolute Gasteiger partial charge is 0.508 e. The third kappa shape index (κ3) is 3.13. The van der Waals surface area contributed by atoms with Gasteiger partial charge in [-0.05, 0) is 49.6 Å². The van der Waals surface area contributed by atoms with Crippen LogP contribution in [-0.4, -0.2) is 21.2 Å². The number of aromatic hydroxyl groups is 3. The zero-order valence-electron chi connectivity index (χ0n) is 12.9. The quantitative estimate of drug-likeness (QED) is 0.650. The molecule has 2 aromatic rings. The Balaban J connectivity index is 1.68. The maximum atomic E-state index is 13.2. The van der Waals surface area contributed by atoms with E-state index >= 15 is 0 Å². The summed E-state index contributed by atoms with van der Waals surface area (Å²) in [5.74, 6) is -0.931. The van der Waals surface area contributed by atoms with E-state index in [-0.39, 0.29) is 35.6 Å². The van der Waals surface area contributed by atoms with Gasteiger partial charge < -0.3 is 20.6 Å². The highest BCUT2D eigenvalue weighted by atomic mass is 19.1. The molecule has 126 valence electrons. The van der Waals surface area contributed by atoms with Crippen molar-refractivity contribution in [3.8, 4) is 17.2 Å². The average molecular weight is 331 g/mol. The molecule has 0 aromatic heterocycles. The topological polar surface area (TPSA) is 89.8 Å². The van der Waals surface area contributed by atoms with Crippen molar-refractivity contribution in [2.24, 2.45) is 5.92 Å². The maximum absolute atomic E-state index is 13.2. The number of fused-ring (bicyclic) bond motifs is 1. The summed E-state index contributed by atoms with van der Waals surface area (Å²) in [5.41, 5.74) is 1.58. The van der Waals surface area contributed by atoms with Crippen molar-refractivity contribution in [3.63, 3.8) is 0 Å². The molecule has 0 heterocycles. The standard InChI is InChI=1S/C18H18FNO4/c19-12-2-4-15(21)11(7-12)9-20-18(24)10-1-3-13-14(8-10)17(23)6-5-16(13)22/h2,4-7,10,21-23H,1,3,8-9H2,(H,20,24). The number of amides is 1. The molecule has 0 saturated carbocycles. The minimum atomic E-state index is -0.482. The minimum absolute atomic E-state index is 0.0256. The lowest BCUT2D eigenvalue weighted by molar-refractivity contribution is -0.125. The molecular weight excluding hydrogens is 313 g/mol. The van der Waals surface area contributed by atoms with Gasteiger partial charge in [0.15, 0.2) is 0 Å². The highest BCUT2D eigenvalue weighted by molar-refractivity contribution is 5.79. The van der Waals surface area contributed by atoms with Crippen LogP contribution in [0.4, 0.5) is 4.39 Å². The van der Waals surface area contributed by atoms with E-state index in [0.717, 1.165) is 6.07 Å². The lowest BCUT2D eigenvalue weighted by Crippen LogP contribution is -2.33. The molecular formula is C18H18FNO4. The van der Waals surface area contributed by atoms with Crippen molar-refractivity contribution in [3.05, 3.63) is 52.8 Å². The molecule has 1 atom stereocenters. The first kappa shape index (κ1) is 16.1. The zero-order chi connectivity index (χ0) is 17.3. The summed E-state index contributed by atoms with van der Waals surface area (Å²) < 4.78 is 13.2. The second-order valence-electron chi connectivity index (χ2n) is 5.99. The van der Waals surface area contributed by atoms with Gasteiger partial charge in [-0.3, -0.25) is 4.79 Å². The van der Waals surface area contributed by atoms with E-state index in [2.05, 4.69) is 5.32 Å². The Morgan fingerprint density at radius 3 is 2.50 bits per heavy atom. The van der Waals surface area contributed by atoms with Crippen LogP contribution in [0.25, 0.3) is 0 Å². The number of phenolic OH excluding ortho intramolecular Hbond substituents is 3. The Morgan fingerprint density at radius 2 is 1.75 bits per heavy atom. The van der Waals surface area contributed by atoms with E-state index in [0.29, 0.717) is 36.0 Å². The number of carbonyl (C=O) groups excluding carboxylic acids is 1. The van der Waals surface area contributed by atoms with E-state index in [1.165, 1.54) is 24.3 Å². The predicted molar refractivity (Wildman–Crippen MR) is 85.2 cm³/mol. The average Bonchev–Trinajstić information content (AvgIpc) is 2.58. The first-order chi connectivity index (χ1) is 11.5. The Morgan fingerprint density at radius 1 is 1.08 bits per heavy atom. The van der Waals surface area contributed by atoms with Crippen molar-refractivity contribution in [2.75, 3.05) is 0 Å². The van der Waals surface area contributed by atoms with Gasteiger partial charge in [0.05, 0.1) is 0 Å². The lowest BCUT2D eigenvalue weighted by atomic mass is 9.82. The first-order valence-electron chi connectivity index (χ1n) is 7.73. The third-order valence-corrected chi connectivity index (χ3v) is 4.44. The summed E-state index contributed by atoms with van der Waals surface area (Å²) in [7, 11) is 0. The molecule has 1 unspecified atom stereocenters. The van der Waals surface area contributed by atoms with Crippen LogP contribution in [0.5, 0.6) is 17.2 Å². The van der Waals surface area contributed by atoms with Gasteiger partial charge in [0.25, 0.3) is 0 Å². The smallest absolute Gasteiger partial charge is 0.223 e. The maximum Gasteiger partial charge on any atom is 0.223 e. The Hall–Kier alpha value is -2.76. The van der Waals surface area contributed by atoms with Crippen LogP contribution in [0.3, 0.4) is 0 Å². The number of hydrogen-bond acceptors (Lipinski definition) is 4. The van der Waals surface area contributed by atoms with Gasteiger partial charge in [-0.2, -0.15) is 0 Å². The van der Waals surface area contributed by atoms with Gasteiger partial charge in [-0.25, -0.2) is 4.39 Å². The highest BCUT2D eigenvalue weighted by Gasteiger charge is 2.28. The molecule has 0 saturated heterocycles. The minimum Gasteiger partial charge on any atom is -0.508 e. The van der Waals surface area contributed by atoms with E-state index in [1.807, 2.05) is 0 Å². The number of phenols is 3. The fraction of sp³-hybridized carbons (Fsp3) is 0.278. The second-order valence-corrected chi connectivity index (χ2v) is 5.99. The number of benzene rings is 2. The first-order valence-corrected chi connectivity index (χ1v) is 7.73. The summed E-state index contributed by atoms with van der Waals surface area (Å²) in [6.45, 7) is 0.0256. The Kier molecular flexibility index (Phi) is 4.29. The third-order valence-electron chi connectivity index (χ3n) is 4.44. The predicted octanol–water partition coefficient (Wildman–Crippen LogP) is 2.36. The molecule has 0 radical (unpaired) electrons. The van der Waals surface area contributed by atoms with Crippen molar-refractivity contribution in [1.29, 1.82) is 0 Å². The summed E-state index contributed by atoms with van der Waals surface area (Å²) in [5, 5.41) is 32.1. The number of rotatable bonds is 3. The van der Waals surface area contributed by atoms with Crippen LogP contribution in [-0.2, 0) is 24.2 Å². The summed E-state index contributed by atoms with van der Waals surface area (Å²) in [4.78, 5) is 12.3. The van der Waals surface area contributed by atoms with Crippen LogP contribution in [0.15, 0.2) is 30.3 Å². The molecule has 1 amide bonds. The molecule has 1 aliphatic carbocycles. The lowest BCUT2D eigenvalue weighted by Gasteiger charge is -2.25. The Bertz CT molecular complexity index is 791. The van der Waals surface area contributed by atoms with Crippen molar-refractivity contribution < 1.29 is 24.5 Å². The van der Waals surface area contributed by atoms with Crippen molar-refractivity contribution >= 4 is 5.91 Å². The van der Waals surface area contributed by atoms with Gasteiger partial charge in [0, 0.05) is 29.2 Å². The van der Waals surface area contributed by atoms with Crippen LogP contribution in [0.1, 0.15) is 23.1 Å². The van der Waals surface area contributed by atoms with Gasteiger partial charge in [-0.1, -0.05) is 0 Å². The molecule has 0 aliphatic heterocycles. The van der Waals surface area contributed by atoms with Gasteiger partial charge >= 0.3 is 0 Å². The summed E-state index contributed by atoms with van der Waals surface area (Å²) >= 11 is 0. The van der Waals surface area contributed by atoms with Gasteiger partial charge in [0.1, 0.15) is 23.1 Å². The molecule has 24 heavy (non-hydrogen) atoms. The fourth-order valence-corrected chi connectivity index (χ4v) is 3.09. The molecule has 0 spiro atoms. The molecule has 2 aromatic carbocycles. The molecule has 3 rings (SSSR count). The molecule has 1 aliphatic rings. The Labute approximate surface area is 138 Å². The van der Waals surface area contributed by atoms with Crippen LogP contribution in [0, 0.1) is 11.7 Å². The van der Waals surface area contributed by atoms with Crippen LogP contribution < -0.4 is 5.32 Å². The molecule has 0 bridgehead atoms. The molecule has 5 nitrogen and oxygen atoms in total. The monoisotopic (exact) mass is 331 g/mol. The summed E-state index contributed by atoms with van der Waals surface area (Å²) in [6.07, 6.45) is 1.38. The zero-order valence-corrected chi connectivity index (χ0v) is 12.9. The van der Waals surface area contributed by atoms with Crippen molar-refractivity contribution in [2.45, 2.75) is 25.8 Å². The van der Waals surface area contributed by atoms with Crippen LogP contribution >= 0.6 is 0 Å². The number of nitrogens with one attached hydrogen (secondary N) is 1. The fourth-order valence-electron chi connectivity index (χ4n) is 3.09. The highest BCUT2D eigenvalue weighted by Crippen LogP contribution is 2.37. The number of hydrogen-bond donors (Lipinski definition) is 4. The number of halogens is 1. The van der Waals surface area contributed by atoms with Gasteiger partial charge in [0.2, 0.25) is 5.91 Å². The van der Waals surface area contributed by atoms with Gasteiger partial charge in [-0.15, -0.1) is 0 Å². The van der Waals surface area contributed by atoms with E-state index < -0.39 is 5.82 Å². The van der Waals surface area contributed by atoms with Crippen LogP contribution in [0.2, 0.25) is 0 Å². The van der Waals surface area contributed by atoms with E-state index in [1.54, 1.807) is 0 Å². The van der Waals surface area contributed by atoms with Crippen molar-refractivity contribution in [1.82, 2.24) is 5.32 Å². The normalized spacial score (nSPS) is 16.5. The van der Waals surface area contributed by atoms with E-state index in [4.69, 9.17) is 0 Å². The molecule has 0 fully saturated rings. The van der Waals surface area contributed by atoms with E-state index in [9.17, 15) is 24.5 Å². The second kappa shape index (κ2) is 6.39. The molecule has 4 N–H and O–H groups in total. The SMILES string of the molecule is O=C(NCc1cc(F)ccc1O)C1CCc2c(O)ccc(O)c2C1.